The number of hydrogen-bond acceptors (Lipinski definition) is 4. The Morgan fingerprint density at radius 1 is 1.18 bits per heavy atom. The van der Waals surface area contributed by atoms with Crippen molar-refractivity contribution in [2.45, 2.75) is 19.9 Å². The van der Waals surface area contributed by atoms with Crippen molar-refractivity contribution in [2.75, 3.05) is 6.54 Å². The van der Waals surface area contributed by atoms with Crippen LogP contribution in [0.2, 0.25) is 0 Å². The Morgan fingerprint density at radius 2 is 2.00 bits per heavy atom. The Labute approximate surface area is 134 Å². The molecule has 114 valence electrons. The highest BCUT2D eigenvalue weighted by atomic mass is 35.5. The average molecular weight is 317 g/mol. The molecule has 6 heteroatoms. The van der Waals surface area contributed by atoms with E-state index < -0.39 is 0 Å². The van der Waals surface area contributed by atoms with E-state index in [4.69, 9.17) is 9.51 Å². The lowest BCUT2D eigenvalue weighted by Gasteiger charge is -2.09. The molecule has 1 aliphatic rings. The van der Waals surface area contributed by atoms with Gasteiger partial charge in [0, 0.05) is 25.1 Å². The Hall–Kier alpha value is -2.11. The first-order valence-electron chi connectivity index (χ1n) is 7.13. The van der Waals surface area contributed by atoms with Gasteiger partial charge in [-0.15, -0.1) is 12.4 Å². The fourth-order valence-electron chi connectivity index (χ4n) is 2.78. The topological polar surface area (TPSA) is 66.7 Å². The summed E-state index contributed by atoms with van der Waals surface area (Å²) in [5, 5.41) is 7.57. The fraction of sp³-hybridized carbons (Fsp3) is 0.250. The molecule has 1 aromatic carbocycles. The molecule has 3 heterocycles. The Balaban J connectivity index is 0.00000144. The van der Waals surface area contributed by atoms with Crippen LogP contribution in [-0.4, -0.2) is 21.7 Å². The molecular formula is C16H17ClN4O. The normalized spacial score (nSPS) is 13.5. The van der Waals surface area contributed by atoms with Crippen molar-refractivity contribution in [2.24, 2.45) is 0 Å². The first-order chi connectivity index (χ1) is 10.3. The van der Waals surface area contributed by atoms with Crippen molar-refractivity contribution in [3.05, 3.63) is 47.5 Å². The number of rotatable bonds is 2. The summed E-state index contributed by atoms with van der Waals surface area (Å²) < 4.78 is 5.41. The van der Waals surface area contributed by atoms with E-state index in [-0.39, 0.29) is 12.4 Å². The summed E-state index contributed by atoms with van der Waals surface area (Å²) in [5.41, 5.74) is 5.14. The van der Waals surface area contributed by atoms with E-state index in [0.29, 0.717) is 0 Å². The Kier molecular flexibility index (Phi) is 4.00. The number of H-pyrrole nitrogens is 1. The second-order valence-electron chi connectivity index (χ2n) is 5.27. The summed E-state index contributed by atoms with van der Waals surface area (Å²) in [4.78, 5) is 8.16. The monoisotopic (exact) mass is 316 g/mol. The molecule has 0 atom stereocenters. The minimum absolute atomic E-state index is 0. The van der Waals surface area contributed by atoms with Gasteiger partial charge in [0.1, 0.15) is 17.3 Å². The van der Waals surface area contributed by atoms with Gasteiger partial charge in [-0.05, 0) is 6.92 Å². The number of aryl methyl sites for hydroxylation is 1. The van der Waals surface area contributed by atoms with E-state index in [1.165, 1.54) is 0 Å². The maximum Gasteiger partial charge on any atom is 0.145 e. The average Bonchev–Trinajstić information content (AvgIpc) is 3.11. The van der Waals surface area contributed by atoms with Gasteiger partial charge in [0.25, 0.3) is 0 Å². The summed E-state index contributed by atoms with van der Waals surface area (Å²) in [7, 11) is 0. The molecule has 0 saturated heterocycles. The van der Waals surface area contributed by atoms with Gasteiger partial charge >= 0.3 is 0 Å². The van der Waals surface area contributed by atoms with E-state index in [1.807, 2.05) is 37.3 Å². The van der Waals surface area contributed by atoms with Crippen LogP contribution >= 0.6 is 12.4 Å². The maximum absolute atomic E-state index is 5.41. The zero-order valence-corrected chi connectivity index (χ0v) is 13.0. The number of hydrogen-bond donors (Lipinski definition) is 2. The van der Waals surface area contributed by atoms with Gasteiger partial charge in [-0.1, -0.05) is 35.5 Å². The summed E-state index contributed by atoms with van der Waals surface area (Å²) in [6.07, 6.45) is 0.955. The number of benzene rings is 1. The third kappa shape index (κ3) is 2.42. The molecule has 0 unspecified atom stereocenters. The smallest absolute Gasteiger partial charge is 0.145 e. The van der Waals surface area contributed by atoms with Crippen molar-refractivity contribution < 1.29 is 4.52 Å². The molecule has 0 radical (unpaired) electrons. The molecule has 1 aliphatic heterocycles. The number of nitrogens with zero attached hydrogens (tertiary/aromatic N) is 2. The molecule has 0 fully saturated rings. The molecule has 0 aliphatic carbocycles. The second-order valence-corrected chi connectivity index (χ2v) is 5.27. The highest BCUT2D eigenvalue weighted by Crippen LogP contribution is 2.33. The van der Waals surface area contributed by atoms with Gasteiger partial charge in [-0.2, -0.15) is 0 Å². The highest BCUT2D eigenvalue weighted by Gasteiger charge is 2.22. The van der Waals surface area contributed by atoms with Crippen LogP contribution in [0.5, 0.6) is 0 Å². The van der Waals surface area contributed by atoms with Gasteiger partial charge in [0.15, 0.2) is 0 Å². The standard InChI is InChI=1S/C16H16N4O.ClH/c1-10-14(15(20-21-10)11-5-3-2-4-6-11)16-18-12-7-8-17-9-13(12)19-16;/h2-6,17H,7-9H2,1H3,(H,18,19);1H. The third-order valence-electron chi connectivity index (χ3n) is 3.85. The molecule has 22 heavy (non-hydrogen) atoms. The van der Waals surface area contributed by atoms with E-state index in [1.54, 1.807) is 0 Å². The maximum atomic E-state index is 5.41. The zero-order chi connectivity index (χ0) is 14.2. The van der Waals surface area contributed by atoms with Gasteiger partial charge in [-0.25, -0.2) is 4.98 Å². The van der Waals surface area contributed by atoms with Crippen LogP contribution in [0.4, 0.5) is 0 Å². The predicted molar refractivity (Wildman–Crippen MR) is 86.9 cm³/mol. The summed E-state index contributed by atoms with van der Waals surface area (Å²) in [5.74, 6) is 1.63. The summed E-state index contributed by atoms with van der Waals surface area (Å²) in [6, 6.07) is 10.1. The number of nitrogens with one attached hydrogen (secondary N) is 2. The van der Waals surface area contributed by atoms with Gasteiger partial charge in [0.05, 0.1) is 17.0 Å². The second kappa shape index (κ2) is 5.94. The van der Waals surface area contributed by atoms with Crippen LogP contribution in [0.15, 0.2) is 34.9 Å². The molecule has 2 N–H and O–H groups in total. The number of fused-ring (bicyclic) bond motifs is 1. The van der Waals surface area contributed by atoms with Crippen LogP contribution in [0, 0.1) is 6.92 Å². The SMILES string of the molecule is Cc1onc(-c2ccccc2)c1-c1nc2c([nH]1)CNCC2.Cl. The molecule has 0 saturated carbocycles. The molecular weight excluding hydrogens is 300 g/mol. The van der Waals surface area contributed by atoms with Crippen molar-refractivity contribution >= 4 is 12.4 Å². The quantitative estimate of drug-likeness (QED) is 0.762. The van der Waals surface area contributed by atoms with Crippen LogP contribution in [0.3, 0.4) is 0 Å². The highest BCUT2D eigenvalue weighted by molar-refractivity contribution is 5.85. The van der Waals surface area contributed by atoms with Crippen LogP contribution in [0.25, 0.3) is 22.6 Å². The lowest BCUT2D eigenvalue weighted by molar-refractivity contribution is 0.400. The molecule has 3 aromatic rings. The summed E-state index contributed by atoms with van der Waals surface area (Å²) >= 11 is 0. The predicted octanol–water partition coefficient (Wildman–Crippen LogP) is 3.11. The van der Waals surface area contributed by atoms with Crippen molar-refractivity contribution in [3.8, 4) is 22.6 Å². The van der Waals surface area contributed by atoms with E-state index >= 15 is 0 Å². The first kappa shape index (κ1) is 14.8. The molecule has 0 amide bonds. The van der Waals surface area contributed by atoms with Crippen LogP contribution < -0.4 is 5.32 Å². The lowest BCUT2D eigenvalue weighted by atomic mass is 10.1. The Bertz CT molecular complexity index is 755. The van der Waals surface area contributed by atoms with Gasteiger partial charge < -0.3 is 14.8 Å². The van der Waals surface area contributed by atoms with E-state index in [0.717, 1.165) is 59.3 Å². The van der Waals surface area contributed by atoms with Crippen LogP contribution in [-0.2, 0) is 13.0 Å². The number of imidazole rings is 1. The van der Waals surface area contributed by atoms with Crippen molar-refractivity contribution in [1.29, 1.82) is 0 Å². The zero-order valence-electron chi connectivity index (χ0n) is 12.2. The number of aromatic nitrogens is 3. The third-order valence-corrected chi connectivity index (χ3v) is 3.85. The van der Waals surface area contributed by atoms with Crippen LogP contribution in [0.1, 0.15) is 17.1 Å². The lowest BCUT2D eigenvalue weighted by Crippen LogP contribution is -2.23. The van der Waals surface area contributed by atoms with Crippen molar-refractivity contribution in [1.82, 2.24) is 20.4 Å². The number of aromatic amines is 1. The Morgan fingerprint density at radius 3 is 2.77 bits per heavy atom. The van der Waals surface area contributed by atoms with Gasteiger partial charge in [-0.3, -0.25) is 0 Å². The first-order valence-corrected chi connectivity index (χ1v) is 7.13. The fourth-order valence-corrected chi connectivity index (χ4v) is 2.78. The van der Waals surface area contributed by atoms with Gasteiger partial charge in [0.2, 0.25) is 0 Å². The minimum atomic E-state index is 0. The number of halogens is 1. The molecule has 0 bridgehead atoms. The molecule has 4 rings (SSSR count). The van der Waals surface area contributed by atoms with Crippen molar-refractivity contribution in [3.63, 3.8) is 0 Å². The largest absolute Gasteiger partial charge is 0.360 e. The molecule has 0 spiro atoms. The molecule has 2 aromatic heterocycles. The molecule has 5 nitrogen and oxygen atoms in total. The van der Waals surface area contributed by atoms with E-state index in [2.05, 4.69) is 15.5 Å². The summed E-state index contributed by atoms with van der Waals surface area (Å²) in [6.45, 7) is 3.74. The van der Waals surface area contributed by atoms with E-state index in [9.17, 15) is 0 Å². The minimum Gasteiger partial charge on any atom is -0.360 e.